The summed E-state index contributed by atoms with van der Waals surface area (Å²) in [6.45, 7) is 5.89. The second kappa shape index (κ2) is 4.52. The number of aliphatic hydroxyl groups is 1. The summed E-state index contributed by atoms with van der Waals surface area (Å²) in [5, 5.41) is 11.0. The van der Waals surface area contributed by atoms with Crippen molar-refractivity contribution in [2.24, 2.45) is 11.1 Å². The van der Waals surface area contributed by atoms with E-state index in [0.717, 1.165) is 45.1 Å². The molecule has 100 valence electrons. The minimum Gasteiger partial charge on any atom is -0.388 e. The van der Waals surface area contributed by atoms with Crippen molar-refractivity contribution in [3.05, 3.63) is 0 Å². The van der Waals surface area contributed by atoms with E-state index in [-0.39, 0.29) is 0 Å². The maximum atomic E-state index is 11.0. The van der Waals surface area contributed by atoms with Gasteiger partial charge in [0.15, 0.2) is 0 Å². The molecule has 3 nitrogen and oxygen atoms in total. The van der Waals surface area contributed by atoms with E-state index >= 15 is 0 Å². The van der Waals surface area contributed by atoms with Crippen LogP contribution in [0, 0.1) is 5.41 Å². The third kappa shape index (κ3) is 2.67. The Bertz CT molecular complexity index is 271. The van der Waals surface area contributed by atoms with E-state index in [0.29, 0.717) is 12.0 Å². The van der Waals surface area contributed by atoms with Crippen LogP contribution in [-0.2, 0) is 4.74 Å². The Kier molecular flexibility index (Phi) is 3.54. The smallest absolute Gasteiger partial charge is 0.0849 e. The van der Waals surface area contributed by atoms with Gasteiger partial charge in [-0.15, -0.1) is 0 Å². The van der Waals surface area contributed by atoms with E-state index in [2.05, 4.69) is 13.8 Å². The molecular weight excluding hydrogens is 214 g/mol. The molecule has 17 heavy (non-hydrogen) atoms. The summed E-state index contributed by atoms with van der Waals surface area (Å²) in [6.07, 6.45) is 6.83. The molecule has 0 amide bonds. The Morgan fingerprint density at radius 1 is 1.00 bits per heavy atom. The zero-order valence-electron chi connectivity index (χ0n) is 11.3. The molecule has 0 aromatic carbocycles. The zero-order valence-corrected chi connectivity index (χ0v) is 11.3. The quantitative estimate of drug-likeness (QED) is 0.692. The Morgan fingerprint density at radius 3 is 2.41 bits per heavy atom. The van der Waals surface area contributed by atoms with Crippen LogP contribution >= 0.6 is 0 Å². The predicted octanol–water partition coefficient (Wildman–Crippen LogP) is 2.22. The number of ether oxygens (including phenoxy) is 1. The maximum Gasteiger partial charge on any atom is 0.0849 e. The van der Waals surface area contributed by atoms with Gasteiger partial charge in [0, 0.05) is 6.61 Å². The molecule has 0 aromatic rings. The fourth-order valence-corrected chi connectivity index (χ4v) is 3.34. The third-order valence-electron chi connectivity index (χ3n) is 4.86. The summed E-state index contributed by atoms with van der Waals surface area (Å²) in [7, 11) is 0. The largest absolute Gasteiger partial charge is 0.388 e. The summed E-state index contributed by atoms with van der Waals surface area (Å²) < 4.78 is 5.51. The number of rotatable bonds is 1. The zero-order chi connectivity index (χ0) is 12.6. The molecule has 0 aromatic heterocycles. The van der Waals surface area contributed by atoms with Crippen LogP contribution in [-0.4, -0.2) is 29.5 Å². The second-order valence-electron chi connectivity index (χ2n) is 6.86. The van der Waals surface area contributed by atoms with E-state index in [1.807, 2.05) is 0 Å². The molecule has 2 aliphatic rings. The summed E-state index contributed by atoms with van der Waals surface area (Å²) >= 11 is 0. The van der Waals surface area contributed by atoms with Crippen molar-refractivity contribution < 1.29 is 9.84 Å². The van der Waals surface area contributed by atoms with Crippen molar-refractivity contribution in [1.29, 1.82) is 0 Å². The van der Waals surface area contributed by atoms with Crippen LogP contribution in [0.4, 0.5) is 0 Å². The first kappa shape index (κ1) is 13.3. The van der Waals surface area contributed by atoms with Crippen molar-refractivity contribution in [3.63, 3.8) is 0 Å². The van der Waals surface area contributed by atoms with Gasteiger partial charge in [0.2, 0.25) is 0 Å². The summed E-state index contributed by atoms with van der Waals surface area (Å²) in [5.74, 6) is 0. The van der Waals surface area contributed by atoms with Crippen molar-refractivity contribution in [2.45, 2.75) is 69.9 Å². The van der Waals surface area contributed by atoms with Crippen molar-refractivity contribution in [2.75, 3.05) is 13.2 Å². The van der Waals surface area contributed by atoms with Crippen molar-refractivity contribution >= 4 is 0 Å². The van der Waals surface area contributed by atoms with Gasteiger partial charge in [-0.3, -0.25) is 0 Å². The molecule has 0 bridgehead atoms. The Morgan fingerprint density at radius 2 is 1.76 bits per heavy atom. The molecule has 0 radical (unpaired) electrons. The van der Waals surface area contributed by atoms with Gasteiger partial charge in [0.1, 0.15) is 0 Å². The fourth-order valence-electron chi connectivity index (χ4n) is 3.34. The SMILES string of the molecule is CC1(C)CCCC(O)(C2(N)CCCOC2)CC1. The van der Waals surface area contributed by atoms with Gasteiger partial charge in [-0.2, -0.15) is 0 Å². The summed E-state index contributed by atoms with van der Waals surface area (Å²) in [6, 6.07) is 0. The normalized spacial score (nSPS) is 43.1. The van der Waals surface area contributed by atoms with Gasteiger partial charge in [0.05, 0.1) is 17.7 Å². The lowest BCUT2D eigenvalue weighted by atomic mass is 9.72. The lowest BCUT2D eigenvalue weighted by Crippen LogP contribution is -2.64. The number of hydrogen-bond donors (Lipinski definition) is 2. The third-order valence-corrected chi connectivity index (χ3v) is 4.86. The highest BCUT2D eigenvalue weighted by molar-refractivity contribution is 5.06. The number of nitrogens with two attached hydrogens (primary N) is 1. The molecule has 0 spiro atoms. The van der Waals surface area contributed by atoms with Gasteiger partial charge >= 0.3 is 0 Å². The Balaban J connectivity index is 2.12. The molecule has 3 heteroatoms. The predicted molar refractivity (Wildman–Crippen MR) is 68.8 cm³/mol. The maximum absolute atomic E-state index is 11.0. The van der Waals surface area contributed by atoms with Gasteiger partial charge < -0.3 is 15.6 Å². The van der Waals surface area contributed by atoms with Gasteiger partial charge in [-0.1, -0.05) is 13.8 Å². The fraction of sp³-hybridized carbons (Fsp3) is 1.00. The van der Waals surface area contributed by atoms with Crippen LogP contribution in [0.1, 0.15) is 58.8 Å². The Hall–Kier alpha value is -0.120. The summed E-state index contributed by atoms with van der Waals surface area (Å²) in [5.41, 5.74) is 5.55. The highest BCUT2D eigenvalue weighted by Crippen LogP contribution is 2.43. The minimum atomic E-state index is -0.721. The molecule has 1 aliphatic heterocycles. The monoisotopic (exact) mass is 241 g/mol. The van der Waals surface area contributed by atoms with E-state index in [1.54, 1.807) is 0 Å². The molecule has 2 fully saturated rings. The first-order valence-electron chi connectivity index (χ1n) is 6.96. The lowest BCUT2D eigenvalue weighted by Gasteiger charge is -2.46. The van der Waals surface area contributed by atoms with Gasteiger partial charge in [0.25, 0.3) is 0 Å². The molecule has 2 unspecified atom stereocenters. The minimum absolute atomic E-state index is 0.344. The van der Waals surface area contributed by atoms with Crippen molar-refractivity contribution in [1.82, 2.24) is 0 Å². The van der Waals surface area contributed by atoms with Gasteiger partial charge in [-0.05, 0) is 50.4 Å². The van der Waals surface area contributed by atoms with Gasteiger partial charge in [-0.25, -0.2) is 0 Å². The van der Waals surface area contributed by atoms with E-state index in [9.17, 15) is 5.11 Å². The average Bonchev–Trinajstić information content (AvgIpc) is 2.40. The molecule has 3 N–H and O–H groups in total. The molecule has 1 saturated carbocycles. The highest BCUT2D eigenvalue weighted by atomic mass is 16.5. The van der Waals surface area contributed by atoms with Crippen LogP contribution in [0.5, 0.6) is 0 Å². The average molecular weight is 241 g/mol. The lowest BCUT2D eigenvalue weighted by molar-refractivity contribution is -0.105. The molecule has 1 aliphatic carbocycles. The van der Waals surface area contributed by atoms with Crippen LogP contribution in [0.15, 0.2) is 0 Å². The second-order valence-corrected chi connectivity index (χ2v) is 6.86. The molecule has 2 atom stereocenters. The van der Waals surface area contributed by atoms with Crippen LogP contribution < -0.4 is 5.73 Å². The molecule has 2 rings (SSSR count). The van der Waals surface area contributed by atoms with E-state index in [4.69, 9.17) is 10.5 Å². The molecular formula is C14H27NO2. The van der Waals surface area contributed by atoms with Crippen molar-refractivity contribution in [3.8, 4) is 0 Å². The summed E-state index contributed by atoms with van der Waals surface area (Å²) in [4.78, 5) is 0. The van der Waals surface area contributed by atoms with E-state index in [1.165, 1.54) is 6.42 Å². The standard InChI is InChI=1S/C14H27NO2/c1-12(2)5-3-7-14(16,9-8-12)13(15)6-4-10-17-11-13/h16H,3-11,15H2,1-2H3. The Labute approximate surface area is 105 Å². The highest BCUT2D eigenvalue weighted by Gasteiger charge is 2.49. The van der Waals surface area contributed by atoms with Crippen LogP contribution in [0.3, 0.4) is 0 Å². The number of hydrogen-bond acceptors (Lipinski definition) is 3. The first-order chi connectivity index (χ1) is 7.87. The molecule has 1 saturated heterocycles. The first-order valence-corrected chi connectivity index (χ1v) is 6.96. The van der Waals surface area contributed by atoms with Crippen LogP contribution in [0.25, 0.3) is 0 Å². The van der Waals surface area contributed by atoms with Crippen LogP contribution in [0.2, 0.25) is 0 Å². The van der Waals surface area contributed by atoms with E-state index < -0.39 is 11.1 Å². The topological polar surface area (TPSA) is 55.5 Å². The molecule has 1 heterocycles.